The topological polar surface area (TPSA) is 37.3 Å². The van der Waals surface area contributed by atoms with Crippen molar-refractivity contribution in [1.29, 1.82) is 0 Å². The van der Waals surface area contributed by atoms with Gasteiger partial charge in [-0.25, -0.2) is 0 Å². The van der Waals surface area contributed by atoms with Crippen LogP contribution in [-0.2, 0) is 4.79 Å². The van der Waals surface area contributed by atoms with Crippen molar-refractivity contribution >= 4 is 5.97 Å². The van der Waals surface area contributed by atoms with Gasteiger partial charge in [0.25, 0.3) is 0 Å². The summed E-state index contributed by atoms with van der Waals surface area (Å²) in [7, 11) is 0. The maximum atomic E-state index is 10.3. The van der Waals surface area contributed by atoms with Gasteiger partial charge in [-0.1, -0.05) is 62.6 Å². The quantitative estimate of drug-likeness (QED) is 0.322. The minimum absolute atomic E-state index is 0. The molecule has 0 amide bonds. The molecule has 21 heavy (non-hydrogen) atoms. The summed E-state index contributed by atoms with van der Waals surface area (Å²) in [6.45, 7) is 2.15. The summed E-state index contributed by atoms with van der Waals surface area (Å²) in [5.41, 5.74) is 0. The van der Waals surface area contributed by atoms with E-state index in [4.69, 9.17) is 5.11 Å². The van der Waals surface area contributed by atoms with Crippen LogP contribution in [0.2, 0.25) is 0 Å². The summed E-state index contributed by atoms with van der Waals surface area (Å²) in [5.74, 6) is -0.675. The van der Waals surface area contributed by atoms with E-state index in [9.17, 15) is 4.79 Å². The largest absolute Gasteiger partial charge is 1.00 e. The predicted molar refractivity (Wildman–Crippen MR) is 88.0 cm³/mol. The molecule has 0 aliphatic carbocycles. The first-order valence-electron chi connectivity index (χ1n) is 7.94. The van der Waals surface area contributed by atoms with E-state index in [-0.39, 0.29) is 52.8 Å². The molecule has 0 fully saturated rings. The summed E-state index contributed by atoms with van der Waals surface area (Å²) in [6.07, 6.45) is 23.4. The first-order chi connectivity index (χ1) is 9.77. The van der Waals surface area contributed by atoms with Crippen LogP contribution in [-0.4, -0.2) is 11.1 Å². The Labute approximate surface area is 174 Å². The molecular weight excluding hydrogens is 287 g/mol. The van der Waals surface area contributed by atoms with Crippen molar-refractivity contribution in [1.82, 2.24) is 0 Å². The average Bonchev–Trinajstić information content (AvgIpc) is 2.43. The van der Waals surface area contributed by atoms with Crippen LogP contribution >= 0.6 is 0 Å². The maximum Gasteiger partial charge on any atom is 1.00 e. The summed E-state index contributed by atoms with van der Waals surface area (Å²) in [4.78, 5) is 10.3. The number of carboxylic acid groups (broad SMARTS) is 1. The molecule has 0 atom stereocenters. The van der Waals surface area contributed by atoms with Crippen molar-refractivity contribution in [2.24, 2.45) is 0 Å². The van der Waals surface area contributed by atoms with Gasteiger partial charge < -0.3 is 6.53 Å². The van der Waals surface area contributed by atoms with E-state index in [1.807, 2.05) is 0 Å². The van der Waals surface area contributed by atoms with Gasteiger partial charge in [-0.05, 0) is 38.5 Å². The van der Waals surface area contributed by atoms with E-state index in [1.54, 1.807) is 0 Å². The number of carbonyl (C=O) groups is 1. The van der Waals surface area contributed by atoms with Gasteiger partial charge in [0.15, 0.2) is 0 Å². The molecule has 0 aliphatic rings. The van der Waals surface area contributed by atoms with Gasteiger partial charge in [0, 0.05) is 6.42 Å². The molecule has 0 rings (SSSR count). The van der Waals surface area contributed by atoms with E-state index in [0.717, 1.165) is 44.9 Å². The summed E-state index contributed by atoms with van der Waals surface area (Å²) >= 11 is 0. The fraction of sp³-hybridized carbons (Fsp3) is 0.611. The molecule has 0 bridgehead atoms. The molecule has 0 aromatic carbocycles. The number of hydrogen-bond acceptors (Lipinski definition) is 1. The van der Waals surface area contributed by atoms with Crippen LogP contribution < -0.4 is 51.4 Å². The summed E-state index contributed by atoms with van der Waals surface area (Å²) in [6, 6.07) is 0. The third-order valence-electron chi connectivity index (χ3n) is 3.04. The Morgan fingerprint density at radius 2 is 1.38 bits per heavy atom. The Balaban J connectivity index is -0.00000180. The zero-order valence-corrected chi connectivity index (χ0v) is 17.0. The minimum atomic E-state index is -0.675. The zero-order valence-electron chi connectivity index (χ0n) is 14.9. The van der Waals surface area contributed by atoms with Gasteiger partial charge in [-0.3, -0.25) is 4.79 Å². The number of allylic oxidation sites excluding steroid dienone is 6. The molecule has 0 spiro atoms. The van der Waals surface area contributed by atoms with Gasteiger partial charge in [0.05, 0.1) is 0 Å². The van der Waals surface area contributed by atoms with Crippen LogP contribution in [0.5, 0.6) is 0 Å². The first-order valence-corrected chi connectivity index (χ1v) is 7.94. The average molecular weight is 319 g/mol. The standard InChI is InChI=1S/C18H30O2.K.H/c1-2-3-4-5-6-7-8-9-10-11-12-13-14-15-16-17-18(19)20;;/h3-4,6-7,9-10H,2,5,8,11-17H2,1H3,(H,19,20);;/q;+1;-1/b4-3-,7-6-,10-9-;;. The Hall–Kier alpha value is 0.326. The Kier molecular flexibility index (Phi) is 22.8. The van der Waals surface area contributed by atoms with E-state index in [1.165, 1.54) is 12.8 Å². The molecule has 0 radical (unpaired) electrons. The molecule has 0 aliphatic heterocycles. The SMILES string of the molecule is CC/C=C\C/C=C\C/C=C\CCCCCCCC(=O)O.[H-].[K+]. The van der Waals surface area contributed by atoms with Gasteiger partial charge in [0.2, 0.25) is 0 Å². The van der Waals surface area contributed by atoms with Crippen molar-refractivity contribution in [3.63, 3.8) is 0 Å². The van der Waals surface area contributed by atoms with E-state index >= 15 is 0 Å². The molecule has 0 saturated carbocycles. The predicted octanol–water partition coefficient (Wildman–Crippen LogP) is 2.78. The molecule has 0 aromatic rings. The van der Waals surface area contributed by atoms with E-state index in [0.29, 0.717) is 6.42 Å². The van der Waals surface area contributed by atoms with E-state index in [2.05, 4.69) is 43.4 Å². The van der Waals surface area contributed by atoms with Crippen molar-refractivity contribution in [2.75, 3.05) is 0 Å². The number of unbranched alkanes of at least 4 members (excludes halogenated alkanes) is 5. The smallest absolute Gasteiger partial charge is 1.00 e. The van der Waals surface area contributed by atoms with Gasteiger partial charge in [-0.15, -0.1) is 0 Å². The monoisotopic (exact) mass is 318 g/mol. The second-order valence-corrected chi connectivity index (χ2v) is 4.99. The van der Waals surface area contributed by atoms with Crippen LogP contribution in [0.25, 0.3) is 0 Å². The van der Waals surface area contributed by atoms with Crippen molar-refractivity contribution < 1.29 is 62.7 Å². The molecule has 0 unspecified atom stereocenters. The molecular formula is C18H31KO2. The Morgan fingerprint density at radius 1 is 0.857 bits per heavy atom. The number of hydrogen-bond donors (Lipinski definition) is 1. The normalized spacial score (nSPS) is 11.5. The van der Waals surface area contributed by atoms with Crippen LogP contribution in [0, 0.1) is 0 Å². The van der Waals surface area contributed by atoms with Crippen molar-refractivity contribution in [3.8, 4) is 0 Å². The van der Waals surface area contributed by atoms with Crippen LogP contribution in [0.3, 0.4) is 0 Å². The third kappa shape index (κ3) is 22.7. The number of aliphatic carboxylic acids is 1. The summed E-state index contributed by atoms with van der Waals surface area (Å²) in [5, 5.41) is 8.50. The minimum Gasteiger partial charge on any atom is -1.00 e. The van der Waals surface area contributed by atoms with Gasteiger partial charge in [-0.2, -0.15) is 0 Å². The Bertz CT molecular complexity index is 312. The molecule has 0 saturated heterocycles. The molecule has 0 aromatic heterocycles. The van der Waals surface area contributed by atoms with Crippen LogP contribution in [0.15, 0.2) is 36.5 Å². The fourth-order valence-electron chi connectivity index (χ4n) is 1.90. The third-order valence-corrected chi connectivity index (χ3v) is 3.04. The zero-order chi connectivity index (χ0) is 14.9. The van der Waals surface area contributed by atoms with Gasteiger partial charge >= 0.3 is 57.4 Å². The number of rotatable bonds is 13. The van der Waals surface area contributed by atoms with Gasteiger partial charge in [0.1, 0.15) is 0 Å². The first kappa shape index (κ1) is 23.6. The molecule has 1 N–H and O–H groups in total. The second kappa shape index (κ2) is 20.3. The molecule has 3 heteroatoms. The Morgan fingerprint density at radius 3 is 2.00 bits per heavy atom. The molecule has 2 nitrogen and oxygen atoms in total. The van der Waals surface area contributed by atoms with Crippen LogP contribution in [0.4, 0.5) is 0 Å². The second-order valence-electron chi connectivity index (χ2n) is 4.99. The number of carboxylic acids is 1. The van der Waals surface area contributed by atoms with E-state index < -0.39 is 5.97 Å². The molecule has 116 valence electrons. The summed E-state index contributed by atoms with van der Waals surface area (Å²) < 4.78 is 0. The maximum absolute atomic E-state index is 10.3. The molecule has 0 heterocycles. The fourth-order valence-corrected chi connectivity index (χ4v) is 1.90. The van der Waals surface area contributed by atoms with Crippen molar-refractivity contribution in [2.45, 2.75) is 71.1 Å². The van der Waals surface area contributed by atoms with Crippen LogP contribution in [0.1, 0.15) is 72.6 Å². The van der Waals surface area contributed by atoms with Crippen molar-refractivity contribution in [3.05, 3.63) is 36.5 Å².